The highest BCUT2D eigenvalue weighted by Crippen LogP contribution is 2.63. The van der Waals surface area contributed by atoms with Gasteiger partial charge in [-0.25, -0.2) is 0 Å². The Morgan fingerprint density at radius 2 is 1.84 bits per heavy atom. The predicted molar refractivity (Wildman–Crippen MR) is 92.8 cm³/mol. The van der Waals surface area contributed by atoms with E-state index in [4.69, 9.17) is 18.9 Å². The first-order valence-corrected chi connectivity index (χ1v) is 9.77. The summed E-state index contributed by atoms with van der Waals surface area (Å²) in [6.07, 6.45) is 3.94. The van der Waals surface area contributed by atoms with Gasteiger partial charge in [0, 0.05) is 18.3 Å². The normalized spacial score (nSPS) is 51.0. The van der Waals surface area contributed by atoms with E-state index in [2.05, 4.69) is 20.8 Å². The van der Waals surface area contributed by atoms with E-state index in [1.165, 1.54) is 12.8 Å². The minimum Gasteiger partial charge on any atom is -0.465 e. The number of benzene rings is 1. The molecule has 1 saturated carbocycles. The zero-order valence-corrected chi connectivity index (χ0v) is 15.3. The first kappa shape index (κ1) is 16.1. The van der Waals surface area contributed by atoms with Crippen LogP contribution in [0.2, 0.25) is 0 Å². The molecule has 4 nitrogen and oxygen atoms in total. The zero-order chi connectivity index (χ0) is 17.2. The molecule has 3 saturated heterocycles. The van der Waals surface area contributed by atoms with Crippen LogP contribution in [-0.2, 0) is 14.2 Å². The molecular formula is C21H28O4. The van der Waals surface area contributed by atoms with Crippen LogP contribution in [0.15, 0.2) is 30.3 Å². The maximum atomic E-state index is 6.68. The molecule has 1 aliphatic carbocycles. The summed E-state index contributed by atoms with van der Waals surface area (Å²) in [6.45, 7) is 6.70. The number of rotatable bonds is 2. The molecular weight excluding hydrogens is 316 g/mol. The Morgan fingerprint density at radius 1 is 1.04 bits per heavy atom. The lowest BCUT2D eigenvalue weighted by molar-refractivity contribution is -0.320. The predicted octanol–water partition coefficient (Wildman–Crippen LogP) is 4.34. The number of hydrogen-bond acceptors (Lipinski definition) is 4. The second-order valence-electron chi connectivity index (χ2n) is 8.64. The summed E-state index contributed by atoms with van der Waals surface area (Å²) >= 11 is 0. The number of para-hydroxylation sites is 1. The molecule has 0 aromatic heterocycles. The van der Waals surface area contributed by atoms with Gasteiger partial charge >= 0.3 is 0 Å². The number of fused-ring (bicyclic) bond motifs is 1. The van der Waals surface area contributed by atoms with Crippen LogP contribution < -0.4 is 4.74 Å². The van der Waals surface area contributed by atoms with Crippen molar-refractivity contribution in [2.75, 3.05) is 0 Å². The summed E-state index contributed by atoms with van der Waals surface area (Å²) in [7, 11) is 0. The summed E-state index contributed by atoms with van der Waals surface area (Å²) in [5.41, 5.74) is -0.291. The Labute approximate surface area is 149 Å². The lowest BCUT2D eigenvalue weighted by Gasteiger charge is -2.58. The van der Waals surface area contributed by atoms with Crippen LogP contribution in [0.5, 0.6) is 5.75 Å². The molecule has 3 heterocycles. The fourth-order valence-corrected chi connectivity index (χ4v) is 5.90. The maximum absolute atomic E-state index is 6.68. The summed E-state index contributed by atoms with van der Waals surface area (Å²) in [6, 6.07) is 9.95. The molecule has 3 aliphatic heterocycles. The second kappa shape index (κ2) is 5.45. The van der Waals surface area contributed by atoms with Gasteiger partial charge in [-0.1, -0.05) is 32.0 Å². The maximum Gasteiger partial charge on any atom is 0.205 e. The monoisotopic (exact) mass is 344 g/mol. The first-order chi connectivity index (χ1) is 12.0. The topological polar surface area (TPSA) is 36.9 Å². The molecule has 0 N–H and O–H groups in total. The van der Waals surface area contributed by atoms with E-state index in [9.17, 15) is 0 Å². The third-order valence-corrected chi connectivity index (χ3v) is 7.12. The van der Waals surface area contributed by atoms with Gasteiger partial charge in [-0.05, 0) is 50.2 Å². The van der Waals surface area contributed by atoms with Crippen molar-refractivity contribution in [2.45, 2.75) is 70.4 Å². The summed E-state index contributed by atoms with van der Waals surface area (Å²) < 4.78 is 25.7. The highest BCUT2D eigenvalue weighted by Gasteiger charge is 2.71. The minimum atomic E-state index is -0.502. The highest BCUT2D eigenvalue weighted by atomic mass is 16.9. The largest absolute Gasteiger partial charge is 0.465 e. The van der Waals surface area contributed by atoms with E-state index in [0.717, 1.165) is 18.6 Å². The van der Waals surface area contributed by atoms with Crippen molar-refractivity contribution in [1.29, 1.82) is 0 Å². The SMILES string of the molecule is C[C@H]1[C@H](Oc2ccccc2)O[C@@H]2O[C@@]3(C)CC[C@H]4[C@H](C)CC[C@@H]1[C@@]24O3. The molecule has 136 valence electrons. The van der Waals surface area contributed by atoms with E-state index >= 15 is 0 Å². The average molecular weight is 344 g/mol. The van der Waals surface area contributed by atoms with Crippen LogP contribution >= 0.6 is 0 Å². The fourth-order valence-electron chi connectivity index (χ4n) is 5.90. The first-order valence-electron chi connectivity index (χ1n) is 9.77. The van der Waals surface area contributed by atoms with Crippen LogP contribution in [0.25, 0.3) is 0 Å². The van der Waals surface area contributed by atoms with Crippen LogP contribution in [0.1, 0.15) is 46.5 Å². The molecule has 0 amide bonds. The Hall–Kier alpha value is -1.10. The van der Waals surface area contributed by atoms with Crippen molar-refractivity contribution in [3.8, 4) is 5.75 Å². The van der Waals surface area contributed by atoms with Gasteiger partial charge in [-0.15, -0.1) is 0 Å². The molecule has 1 aromatic carbocycles. The molecule has 0 unspecified atom stereocenters. The van der Waals surface area contributed by atoms with Gasteiger partial charge in [0.15, 0.2) is 12.1 Å². The van der Waals surface area contributed by atoms with E-state index in [-0.39, 0.29) is 24.1 Å². The van der Waals surface area contributed by atoms with Crippen molar-refractivity contribution in [3.63, 3.8) is 0 Å². The lowest BCUT2D eigenvalue weighted by atomic mass is 9.57. The van der Waals surface area contributed by atoms with Crippen molar-refractivity contribution < 1.29 is 18.9 Å². The molecule has 0 radical (unpaired) electrons. The van der Waals surface area contributed by atoms with Gasteiger partial charge in [0.25, 0.3) is 0 Å². The Balaban J connectivity index is 1.49. The van der Waals surface area contributed by atoms with Gasteiger partial charge in [0.2, 0.25) is 6.29 Å². The molecule has 25 heavy (non-hydrogen) atoms. The van der Waals surface area contributed by atoms with Gasteiger partial charge < -0.3 is 18.9 Å². The van der Waals surface area contributed by atoms with Crippen LogP contribution in [0.3, 0.4) is 0 Å². The Bertz CT molecular complexity index is 649. The summed E-state index contributed by atoms with van der Waals surface area (Å²) in [5, 5.41) is 0. The van der Waals surface area contributed by atoms with Crippen LogP contribution in [0, 0.1) is 23.7 Å². The van der Waals surface area contributed by atoms with Crippen molar-refractivity contribution in [3.05, 3.63) is 30.3 Å². The fraction of sp³-hybridized carbons (Fsp3) is 0.714. The van der Waals surface area contributed by atoms with Crippen LogP contribution in [-0.4, -0.2) is 24.0 Å². The third kappa shape index (κ3) is 2.23. The van der Waals surface area contributed by atoms with Crippen LogP contribution in [0.4, 0.5) is 0 Å². The quantitative estimate of drug-likeness (QED) is 0.800. The van der Waals surface area contributed by atoms with E-state index in [1.807, 2.05) is 30.3 Å². The van der Waals surface area contributed by atoms with Gasteiger partial charge in [0.1, 0.15) is 11.4 Å². The standard InChI is InChI=1S/C21H28O4/c1-13-9-10-17-14(2)18(22-15-7-5-4-6-8-15)23-19-21(17)16(13)11-12-20(3,24-19)25-21/h4-8,13-14,16-19H,9-12H2,1-3H3/t13-,14-,16+,17+,18-,19-,20-,21-/m1/s1. The molecule has 1 aromatic rings. The Morgan fingerprint density at radius 3 is 2.64 bits per heavy atom. The summed E-state index contributed by atoms with van der Waals surface area (Å²) in [5.74, 6) is 2.22. The second-order valence-corrected chi connectivity index (χ2v) is 8.64. The van der Waals surface area contributed by atoms with Crippen molar-refractivity contribution in [2.24, 2.45) is 23.7 Å². The molecule has 4 aliphatic rings. The molecule has 2 bridgehead atoms. The summed E-state index contributed by atoms with van der Waals surface area (Å²) in [4.78, 5) is 0. The average Bonchev–Trinajstić information content (AvgIpc) is 2.81. The number of ether oxygens (including phenoxy) is 4. The minimum absolute atomic E-state index is 0.274. The van der Waals surface area contributed by atoms with Gasteiger partial charge in [0.05, 0.1) is 0 Å². The molecule has 8 atom stereocenters. The van der Waals surface area contributed by atoms with E-state index < -0.39 is 5.79 Å². The Kier molecular flexibility index (Phi) is 3.51. The van der Waals surface area contributed by atoms with Crippen molar-refractivity contribution >= 4 is 0 Å². The molecule has 4 heteroatoms. The molecule has 5 rings (SSSR count). The van der Waals surface area contributed by atoms with E-state index in [1.54, 1.807) is 0 Å². The molecule has 1 spiro atoms. The lowest BCUT2D eigenvalue weighted by Crippen LogP contribution is -2.66. The number of hydrogen-bond donors (Lipinski definition) is 0. The van der Waals surface area contributed by atoms with E-state index in [0.29, 0.717) is 17.8 Å². The zero-order valence-electron chi connectivity index (χ0n) is 15.3. The van der Waals surface area contributed by atoms with Gasteiger partial charge in [-0.3, -0.25) is 0 Å². The van der Waals surface area contributed by atoms with Gasteiger partial charge in [-0.2, -0.15) is 0 Å². The van der Waals surface area contributed by atoms with Crippen molar-refractivity contribution in [1.82, 2.24) is 0 Å². The molecule has 4 fully saturated rings. The highest BCUT2D eigenvalue weighted by molar-refractivity contribution is 5.21. The smallest absolute Gasteiger partial charge is 0.205 e. The third-order valence-electron chi connectivity index (χ3n) is 7.12.